The van der Waals surface area contributed by atoms with Crippen LogP contribution in [0.3, 0.4) is 0 Å². The van der Waals surface area contributed by atoms with Gasteiger partial charge in [-0.05, 0) is 37.5 Å². The van der Waals surface area contributed by atoms with Crippen molar-refractivity contribution in [2.75, 3.05) is 4.90 Å². The predicted octanol–water partition coefficient (Wildman–Crippen LogP) is 6.23. The summed E-state index contributed by atoms with van der Waals surface area (Å²) in [5.74, 6) is -0.880. The highest BCUT2D eigenvalue weighted by atomic mass is 35.5. The molecule has 0 radical (unpaired) electrons. The molecule has 29 heavy (non-hydrogen) atoms. The third kappa shape index (κ3) is 5.35. The van der Waals surface area contributed by atoms with Crippen LogP contribution < -0.4 is 10.2 Å². The van der Waals surface area contributed by atoms with Gasteiger partial charge in [0.25, 0.3) is 11.8 Å². The lowest BCUT2D eigenvalue weighted by molar-refractivity contribution is -0.120. The van der Waals surface area contributed by atoms with Gasteiger partial charge in [0.1, 0.15) is 10.7 Å². The number of nitrogens with zero attached hydrogens (tertiary/aromatic N) is 1. The van der Waals surface area contributed by atoms with Gasteiger partial charge in [-0.3, -0.25) is 9.59 Å². The fourth-order valence-electron chi connectivity index (χ4n) is 4.20. The summed E-state index contributed by atoms with van der Waals surface area (Å²) < 4.78 is 0. The average Bonchev–Trinajstić information content (AvgIpc) is 2.89. The number of benzene rings is 1. The minimum Gasteiger partial charge on any atom is -0.376 e. The zero-order valence-corrected chi connectivity index (χ0v) is 18.6. The summed E-state index contributed by atoms with van der Waals surface area (Å²) >= 11 is 12.5. The molecule has 1 aliphatic heterocycles. The van der Waals surface area contributed by atoms with E-state index in [0.29, 0.717) is 16.3 Å². The molecule has 1 aliphatic carbocycles. The Labute approximate surface area is 183 Å². The van der Waals surface area contributed by atoms with E-state index in [1.54, 1.807) is 25.1 Å². The molecule has 1 saturated carbocycles. The number of imide groups is 1. The number of carbonyl (C=O) groups excluding carboxylic acids is 2. The lowest BCUT2D eigenvalue weighted by Crippen LogP contribution is -2.37. The number of hydrogen-bond acceptors (Lipinski definition) is 3. The Balaban J connectivity index is 1.74. The number of amides is 2. The van der Waals surface area contributed by atoms with Gasteiger partial charge in [-0.15, -0.1) is 0 Å². The normalized spacial score (nSPS) is 20.6. The highest BCUT2D eigenvalue weighted by Crippen LogP contribution is 2.33. The molecule has 2 aliphatic rings. The molecule has 3 rings (SSSR count). The largest absolute Gasteiger partial charge is 0.376 e. The zero-order valence-electron chi connectivity index (χ0n) is 17.1. The van der Waals surface area contributed by atoms with Crippen molar-refractivity contribution in [2.24, 2.45) is 0 Å². The van der Waals surface area contributed by atoms with Gasteiger partial charge in [0.2, 0.25) is 0 Å². The first-order chi connectivity index (χ1) is 14.0. The van der Waals surface area contributed by atoms with E-state index in [4.69, 9.17) is 23.2 Å². The molecule has 6 heteroatoms. The van der Waals surface area contributed by atoms with Gasteiger partial charge in [-0.25, -0.2) is 4.90 Å². The van der Waals surface area contributed by atoms with Crippen LogP contribution in [0.2, 0.25) is 5.02 Å². The second kappa shape index (κ2) is 10.5. The van der Waals surface area contributed by atoms with Crippen molar-refractivity contribution in [3.63, 3.8) is 0 Å². The van der Waals surface area contributed by atoms with Gasteiger partial charge in [-0.1, -0.05) is 87.1 Å². The van der Waals surface area contributed by atoms with Crippen LogP contribution in [0.4, 0.5) is 5.69 Å². The van der Waals surface area contributed by atoms with Gasteiger partial charge in [0.05, 0.1) is 5.69 Å². The first kappa shape index (κ1) is 22.2. The lowest BCUT2D eigenvalue weighted by atomic mass is 9.98. The van der Waals surface area contributed by atoms with Gasteiger partial charge < -0.3 is 5.32 Å². The molecule has 1 aromatic carbocycles. The van der Waals surface area contributed by atoms with Crippen molar-refractivity contribution in [1.29, 1.82) is 0 Å². The average molecular weight is 437 g/mol. The summed E-state index contributed by atoms with van der Waals surface area (Å²) in [6.45, 7) is 1.80. The van der Waals surface area contributed by atoms with E-state index < -0.39 is 11.8 Å². The molecule has 1 heterocycles. The lowest BCUT2D eigenvalue weighted by Gasteiger charge is -2.22. The van der Waals surface area contributed by atoms with Crippen molar-refractivity contribution < 1.29 is 9.59 Å². The second-order valence-corrected chi connectivity index (χ2v) is 8.90. The fraction of sp³-hybridized carbons (Fsp3) is 0.565. The molecule has 2 amide bonds. The minimum atomic E-state index is -0.488. The molecular weight excluding hydrogens is 407 g/mol. The van der Waals surface area contributed by atoms with Crippen LogP contribution in [0.25, 0.3) is 0 Å². The monoisotopic (exact) mass is 436 g/mol. The maximum absolute atomic E-state index is 13.1. The molecule has 0 spiro atoms. The molecule has 0 atom stereocenters. The van der Waals surface area contributed by atoms with Crippen molar-refractivity contribution in [1.82, 2.24) is 5.32 Å². The maximum atomic E-state index is 13.1. The van der Waals surface area contributed by atoms with E-state index >= 15 is 0 Å². The number of carbonyl (C=O) groups is 2. The number of anilines is 1. The van der Waals surface area contributed by atoms with E-state index in [0.717, 1.165) is 30.6 Å². The first-order valence-corrected chi connectivity index (χ1v) is 11.6. The molecular formula is C23H30Cl2N2O2. The molecule has 1 fully saturated rings. The quantitative estimate of drug-likeness (QED) is 0.570. The van der Waals surface area contributed by atoms with Gasteiger partial charge in [0.15, 0.2) is 0 Å². The molecule has 0 aromatic heterocycles. The Morgan fingerprint density at radius 1 is 0.862 bits per heavy atom. The SMILES string of the molecule is Cc1c(Cl)cccc1N1C(=O)C(Cl)=C(NC2CCCCCCCCCCC2)C1=O. The van der Waals surface area contributed by atoms with E-state index in [-0.39, 0.29) is 16.8 Å². The summed E-state index contributed by atoms with van der Waals surface area (Å²) in [6.07, 6.45) is 13.2. The summed E-state index contributed by atoms with van der Waals surface area (Å²) in [7, 11) is 0. The van der Waals surface area contributed by atoms with E-state index in [2.05, 4.69) is 5.32 Å². The molecule has 1 aromatic rings. The van der Waals surface area contributed by atoms with Crippen LogP contribution >= 0.6 is 23.2 Å². The van der Waals surface area contributed by atoms with Crippen LogP contribution in [0.15, 0.2) is 28.9 Å². The molecule has 158 valence electrons. The van der Waals surface area contributed by atoms with Crippen LogP contribution in [0.5, 0.6) is 0 Å². The highest BCUT2D eigenvalue weighted by Gasteiger charge is 2.40. The molecule has 4 nitrogen and oxygen atoms in total. The van der Waals surface area contributed by atoms with Gasteiger partial charge in [-0.2, -0.15) is 0 Å². The van der Waals surface area contributed by atoms with Crippen molar-refractivity contribution in [3.8, 4) is 0 Å². The predicted molar refractivity (Wildman–Crippen MR) is 119 cm³/mol. The second-order valence-electron chi connectivity index (χ2n) is 8.12. The Kier molecular flexibility index (Phi) is 8.02. The Bertz CT molecular complexity index is 779. The van der Waals surface area contributed by atoms with Crippen molar-refractivity contribution >= 4 is 40.7 Å². The zero-order chi connectivity index (χ0) is 20.8. The summed E-state index contributed by atoms with van der Waals surface area (Å²) in [6, 6.07) is 5.36. The standard InChI is InChI=1S/C23H30Cl2N2O2/c1-16-18(24)14-11-15-19(16)27-22(28)20(25)21(23(27)29)26-17-12-9-7-5-3-2-4-6-8-10-13-17/h11,14-15,17,26H,2-10,12-13H2,1H3. The third-order valence-electron chi connectivity index (χ3n) is 5.96. The maximum Gasteiger partial charge on any atom is 0.283 e. The van der Waals surface area contributed by atoms with Crippen molar-refractivity contribution in [2.45, 2.75) is 83.6 Å². The molecule has 1 N–H and O–H groups in total. The highest BCUT2D eigenvalue weighted by molar-refractivity contribution is 6.52. The number of hydrogen-bond donors (Lipinski definition) is 1. The van der Waals surface area contributed by atoms with Crippen molar-refractivity contribution in [3.05, 3.63) is 39.5 Å². The van der Waals surface area contributed by atoms with Crippen LogP contribution in [-0.2, 0) is 9.59 Å². The van der Waals surface area contributed by atoms with Crippen LogP contribution in [0.1, 0.15) is 76.2 Å². The summed E-state index contributed by atoms with van der Waals surface area (Å²) in [5, 5.41) is 3.82. The number of halogens is 2. The summed E-state index contributed by atoms with van der Waals surface area (Å²) in [5.41, 5.74) is 1.40. The smallest absolute Gasteiger partial charge is 0.283 e. The van der Waals surface area contributed by atoms with E-state index in [9.17, 15) is 9.59 Å². The van der Waals surface area contributed by atoms with Crippen LogP contribution in [-0.4, -0.2) is 17.9 Å². The Hall–Kier alpha value is -1.52. The van der Waals surface area contributed by atoms with Gasteiger partial charge in [0, 0.05) is 11.1 Å². The van der Waals surface area contributed by atoms with E-state index in [1.165, 1.54) is 44.9 Å². The third-order valence-corrected chi connectivity index (χ3v) is 6.72. The minimum absolute atomic E-state index is 0.0273. The topological polar surface area (TPSA) is 49.4 Å². The first-order valence-electron chi connectivity index (χ1n) is 10.8. The fourth-order valence-corrected chi connectivity index (χ4v) is 4.59. The molecule has 0 bridgehead atoms. The number of nitrogens with one attached hydrogen (secondary N) is 1. The Morgan fingerprint density at radius 2 is 1.41 bits per heavy atom. The molecule has 0 saturated heterocycles. The summed E-state index contributed by atoms with van der Waals surface area (Å²) in [4.78, 5) is 27.0. The van der Waals surface area contributed by atoms with Crippen LogP contribution in [0, 0.1) is 6.92 Å². The van der Waals surface area contributed by atoms with Gasteiger partial charge >= 0.3 is 0 Å². The van der Waals surface area contributed by atoms with E-state index in [1.807, 2.05) is 0 Å². The number of rotatable bonds is 3. The molecule has 0 unspecified atom stereocenters. The Morgan fingerprint density at radius 3 is 2.00 bits per heavy atom.